The van der Waals surface area contributed by atoms with Crippen LogP contribution < -0.4 is 20.3 Å². The lowest BCUT2D eigenvalue weighted by Crippen LogP contribution is -2.24. The molecular weight excluding hydrogens is 435 g/mol. The molecule has 0 saturated carbocycles. The van der Waals surface area contributed by atoms with Crippen LogP contribution in [0.25, 0.3) is 16.9 Å². The van der Waals surface area contributed by atoms with E-state index in [0.717, 1.165) is 10.2 Å². The average Bonchev–Trinajstić information content (AvgIpc) is 3.28. The summed E-state index contributed by atoms with van der Waals surface area (Å²) < 4.78 is 25.3. The van der Waals surface area contributed by atoms with Gasteiger partial charge in [-0.05, 0) is 48.5 Å². The number of carbonyl (C=O) groups is 1. The third-order valence-electron chi connectivity index (χ3n) is 4.67. The number of anilines is 1. The van der Waals surface area contributed by atoms with Gasteiger partial charge in [0.1, 0.15) is 24.7 Å². The van der Waals surface area contributed by atoms with Gasteiger partial charge >= 0.3 is 0 Å². The number of rotatable bonds is 4. The van der Waals surface area contributed by atoms with Gasteiger partial charge in [-0.25, -0.2) is 9.37 Å². The van der Waals surface area contributed by atoms with Crippen molar-refractivity contribution in [1.82, 2.24) is 14.8 Å². The van der Waals surface area contributed by atoms with Gasteiger partial charge in [0, 0.05) is 17.0 Å². The molecule has 0 spiro atoms. The summed E-state index contributed by atoms with van der Waals surface area (Å²) in [5, 5.41) is 8.98. The molecule has 5 rings (SSSR count). The Balaban J connectivity index is 1.36. The molecule has 2 aromatic heterocycles. The molecule has 0 aliphatic carbocycles. The fourth-order valence-electron chi connectivity index (χ4n) is 3.13. The smallest absolute Gasteiger partial charge is 0.277 e. The Morgan fingerprint density at radius 1 is 1.03 bits per heavy atom. The molecule has 8 nitrogen and oxygen atoms in total. The van der Waals surface area contributed by atoms with Crippen LogP contribution in [0, 0.1) is 5.82 Å². The van der Waals surface area contributed by atoms with E-state index in [1.54, 1.807) is 0 Å². The molecular formula is C22H15FN4O4S. The van der Waals surface area contributed by atoms with Crippen LogP contribution >= 0.6 is 11.3 Å². The summed E-state index contributed by atoms with van der Waals surface area (Å²) in [6, 6.07) is 13.3. The zero-order valence-corrected chi connectivity index (χ0v) is 17.3. The predicted octanol–water partition coefficient (Wildman–Crippen LogP) is 3.52. The number of aromatic nitrogens is 3. The zero-order valence-electron chi connectivity index (χ0n) is 16.4. The average molecular weight is 450 g/mol. The first-order valence-corrected chi connectivity index (χ1v) is 10.5. The molecule has 160 valence electrons. The van der Waals surface area contributed by atoms with Crippen LogP contribution in [-0.4, -0.2) is 33.9 Å². The number of hydrogen-bond donors (Lipinski definition) is 1. The van der Waals surface area contributed by atoms with Crippen molar-refractivity contribution in [2.24, 2.45) is 0 Å². The molecule has 0 unspecified atom stereocenters. The lowest BCUT2D eigenvalue weighted by molar-refractivity contribution is 0.102. The van der Waals surface area contributed by atoms with E-state index in [1.165, 1.54) is 47.7 Å². The molecule has 0 atom stereocenters. The molecule has 0 fully saturated rings. The highest BCUT2D eigenvalue weighted by atomic mass is 32.1. The van der Waals surface area contributed by atoms with E-state index >= 15 is 0 Å². The van der Waals surface area contributed by atoms with Gasteiger partial charge in [0.05, 0.1) is 11.4 Å². The number of ether oxygens (including phenoxy) is 2. The standard InChI is InChI=1S/C22H15FN4O4S/c23-14-2-4-15(5-3-14)27-20(28)8-6-16(26-27)21(29)25-22-24-17(12-32-22)13-1-7-18-19(11-13)31-10-9-30-18/h1-8,11-12H,9-10H2,(H,24,25,29). The van der Waals surface area contributed by atoms with Gasteiger partial charge in [0.15, 0.2) is 16.6 Å². The number of nitrogens with zero attached hydrogens (tertiary/aromatic N) is 3. The fourth-order valence-corrected chi connectivity index (χ4v) is 3.84. The minimum absolute atomic E-state index is 0.0185. The summed E-state index contributed by atoms with van der Waals surface area (Å²) in [7, 11) is 0. The van der Waals surface area contributed by atoms with Crippen molar-refractivity contribution in [3.8, 4) is 28.4 Å². The molecule has 3 heterocycles. The number of carbonyl (C=O) groups excluding carboxylic acids is 1. The van der Waals surface area contributed by atoms with Crippen LogP contribution in [0.4, 0.5) is 9.52 Å². The minimum Gasteiger partial charge on any atom is -0.486 e. The molecule has 0 radical (unpaired) electrons. The van der Waals surface area contributed by atoms with Gasteiger partial charge in [0.25, 0.3) is 11.5 Å². The van der Waals surface area contributed by atoms with Crippen LogP contribution in [0.1, 0.15) is 10.5 Å². The van der Waals surface area contributed by atoms with Gasteiger partial charge in [-0.15, -0.1) is 11.3 Å². The summed E-state index contributed by atoms with van der Waals surface area (Å²) in [5.41, 5.74) is 1.43. The Hall–Kier alpha value is -4.05. The maximum Gasteiger partial charge on any atom is 0.277 e. The van der Waals surface area contributed by atoms with E-state index in [9.17, 15) is 14.0 Å². The molecule has 32 heavy (non-hydrogen) atoms. The second kappa shape index (κ2) is 8.23. The van der Waals surface area contributed by atoms with Gasteiger partial charge in [-0.2, -0.15) is 9.78 Å². The Morgan fingerprint density at radius 3 is 2.62 bits per heavy atom. The highest BCUT2D eigenvalue weighted by Gasteiger charge is 2.16. The highest BCUT2D eigenvalue weighted by molar-refractivity contribution is 7.14. The fraction of sp³-hybridized carbons (Fsp3) is 0.0909. The van der Waals surface area contributed by atoms with Crippen LogP contribution in [0.2, 0.25) is 0 Å². The number of fused-ring (bicyclic) bond motifs is 1. The van der Waals surface area contributed by atoms with Gasteiger partial charge < -0.3 is 9.47 Å². The summed E-state index contributed by atoms with van der Waals surface area (Å²) in [6.07, 6.45) is 0. The molecule has 10 heteroatoms. The van der Waals surface area contributed by atoms with Crippen LogP contribution in [0.5, 0.6) is 11.5 Å². The number of nitrogens with one attached hydrogen (secondary N) is 1. The SMILES string of the molecule is O=C(Nc1nc(-c2ccc3c(c2)OCCO3)cs1)c1ccc(=O)n(-c2ccc(F)cc2)n1. The maximum atomic E-state index is 13.2. The largest absolute Gasteiger partial charge is 0.486 e. The van der Waals surface area contributed by atoms with Gasteiger partial charge in [-0.3, -0.25) is 14.9 Å². The van der Waals surface area contributed by atoms with Crippen molar-refractivity contribution in [2.75, 3.05) is 18.5 Å². The van der Waals surface area contributed by atoms with Crippen molar-refractivity contribution in [2.45, 2.75) is 0 Å². The summed E-state index contributed by atoms with van der Waals surface area (Å²) in [6.45, 7) is 1.00. The van der Waals surface area contributed by atoms with Crippen molar-refractivity contribution >= 4 is 22.4 Å². The van der Waals surface area contributed by atoms with E-state index in [2.05, 4.69) is 15.4 Å². The number of amides is 1. The number of hydrogen-bond acceptors (Lipinski definition) is 7. The maximum absolute atomic E-state index is 13.2. The first-order chi connectivity index (χ1) is 15.6. The zero-order chi connectivity index (χ0) is 22.1. The third-order valence-corrected chi connectivity index (χ3v) is 5.42. The summed E-state index contributed by atoms with van der Waals surface area (Å²) in [4.78, 5) is 29.3. The Kier molecular flexibility index (Phi) is 5.12. The third kappa shape index (κ3) is 3.95. The van der Waals surface area contributed by atoms with E-state index in [-0.39, 0.29) is 5.69 Å². The van der Waals surface area contributed by atoms with Crippen molar-refractivity contribution < 1.29 is 18.7 Å². The quantitative estimate of drug-likeness (QED) is 0.511. The number of thiazole rings is 1. The lowest BCUT2D eigenvalue weighted by Gasteiger charge is -2.18. The first-order valence-electron chi connectivity index (χ1n) is 9.60. The normalized spacial score (nSPS) is 12.4. The van der Waals surface area contributed by atoms with Crippen LogP contribution in [0.3, 0.4) is 0 Å². The van der Waals surface area contributed by atoms with E-state index in [1.807, 2.05) is 23.6 Å². The highest BCUT2D eigenvalue weighted by Crippen LogP contribution is 2.35. The number of benzene rings is 2. The molecule has 4 aromatic rings. The Labute approximate surface area is 184 Å². The Morgan fingerprint density at radius 2 is 1.81 bits per heavy atom. The molecule has 1 aliphatic rings. The van der Waals surface area contributed by atoms with Crippen LogP contribution in [0.15, 0.2) is 64.8 Å². The predicted molar refractivity (Wildman–Crippen MR) is 116 cm³/mol. The summed E-state index contributed by atoms with van der Waals surface area (Å²) >= 11 is 1.26. The lowest BCUT2D eigenvalue weighted by atomic mass is 10.1. The van der Waals surface area contributed by atoms with E-state index < -0.39 is 17.3 Å². The van der Waals surface area contributed by atoms with Gasteiger partial charge in [0.2, 0.25) is 0 Å². The molecule has 1 N–H and O–H groups in total. The van der Waals surface area contributed by atoms with Crippen LogP contribution in [-0.2, 0) is 0 Å². The minimum atomic E-state index is -0.524. The second-order valence-electron chi connectivity index (χ2n) is 6.80. The van der Waals surface area contributed by atoms with E-state index in [4.69, 9.17) is 9.47 Å². The molecule has 0 bridgehead atoms. The molecule has 1 aliphatic heterocycles. The summed E-state index contributed by atoms with van der Waals surface area (Å²) in [5.74, 6) is 0.378. The van der Waals surface area contributed by atoms with Gasteiger partial charge in [-0.1, -0.05) is 0 Å². The molecule has 0 saturated heterocycles. The number of halogens is 1. The van der Waals surface area contributed by atoms with Crippen molar-refractivity contribution in [3.05, 3.63) is 81.8 Å². The second-order valence-corrected chi connectivity index (χ2v) is 7.65. The first kappa shape index (κ1) is 19.9. The Bertz CT molecular complexity index is 1370. The van der Waals surface area contributed by atoms with Crippen molar-refractivity contribution in [3.63, 3.8) is 0 Å². The monoisotopic (exact) mass is 450 g/mol. The van der Waals surface area contributed by atoms with Crippen molar-refractivity contribution in [1.29, 1.82) is 0 Å². The topological polar surface area (TPSA) is 95.3 Å². The molecule has 1 amide bonds. The molecule has 2 aromatic carbocycles. The van der Waals surface area contributed by atoms with E-state index in [0.29, 0.717) is 41.2 Å².